The molecule has 0 aliphatic carbocycles. The molecule has 2 aromatic heterocycles. The summed E-state index contributed by atoms with van der Waals surface area (Å²) in [6.07, 6.45) is 4.09. The van der Waals surface area contributed by atoms with Crippen molar-refractivity contribution in [3.63, 3.8) is 0 Å². The van der Waals surface area contributed by atoms with Gasteiger partial charge in [0.25, 0.3) is 5.91 Å². The zero-order chi connectivity index (χ0) is 12.1. The van der Waals surface area contributed by atoms with Gasteiger partial charge in [-0.3, -0.25) is 9.78 Å². The molecule has 0 radical (unpaired) electrons. The van der Waals surface area contributed by atoms with Gasteiger partial charge in [0.1, 0.15) is 0 Å². The Morgan fingerprint density at radius 2 is 2.18 bits per heavy atom. The Morgan fingerprint density at radius 3 is 2.82 bits per heavy atom. The minimum atomic E-state index is -0.0528. The van der Waals surface area contributed by atoms with Gasteiger partial charge >= 0.3 is 0 Å². The number of hydrogen-bond acceptors (Lipinski definition) is 3. The van der Waals surface area contributed by atoms with E-state index in [-0.39, 0.29) is 5.91 Å². The third-order valence-corrected chi connectivity index (χ3v) is 3.98. The number of thiophene rings is 1. The number of halogens is 1. The van der Waals surface area contributed by atoms with E-state index in [0.29, 0.717) is 12.1 Å². The van der Waals surface area contributed by atoms with E-state index in [0.717, 1.165) is 10.9 Å². The largest absolute Gasteiger partial charge is 0.352 e. The van der Waals surface area contributed by atoms with Crippen molar-refractivity contribution in [3.05, 3.63) is 50.9 Å². The molecular formula is C12H11BrN2OS. The van der Waals surface area contributed by atoms with E-state index in [1.165, 1.54) is 4.88 Å². The van der Waals surface area contributed by atoms with Gasteiger partial charge in [0, 0.05) is 39.2 Å². The van der Waals surface area contributed by atoms with Crippen LogP contribution >= 0.6 is 27.3 Å². The van der Waals surface area contributed by atoms with Crippen LogP contribution in [0.15, 0.2) is 40.4 Å². The second kappa shape index (κ2) is 5.93. The molecule has 0 saturated carbocycles. The van der Waals surface area contributed by atoms with Crippen molar-refractivity contribution < 1.29 is 4.79 Å². The van der Waals surface area contributed by atoms with Crippen LogP contribution in [0.3, 0.4) is 0 Å². The molecule has 1 N–H and O–H groups in total. The summed E-state index contributed by atoms with van der Waals surface area (Å²) in [6, 6.07) is 5.48. The summed E-state index contributed by atoms with van der Waals surface area (Å²) < 4.78 is 1.10. The van der Waals surface area contributed by atoms with Crippen molar-refractivity contribution in [2.75, 3.05) is 6.54 Å². The molecule has 1 amide bonds. The molecule has 0 aliphatic heterocycles. The predicted octanol–water partition coefficient (Wildman–Crippen LogP) is 2.88. The number of rotatable bonds is 4. The molecule has 0 aromatic carbocycles. The van der Waals surface area contributed by atoms with Crippen LogP contribution in [0.25, 0.3) is 0 Å². The number of aromatic nitrogens is 1. The standard InChI is InChI=1S/C12H11BrN2OS/c13-10-7-11(17-8-10)3-6-15-12(16)9-1-4-14-5-2-9/h1-2,4-5,7-8H,3,6H2,(H,15,16). The van der Waals surface area contributed by atoms with Crippen LogP contribution < -0.4 is 5.32 Å². The van der Waals surface area contributed by atoms with Crippen LogP contribution in [-0.4, -0.2) is 17.4 Å². The molecule has 2 rings (SSSR count). The molecule has 2 heterocycles. The molecule has 5 heteroatoms. The van der Waals surface area contributed by atoms with Crippen molar-refractivity contribution in [1.82, 2.24) is 10.3 Å². The smallest absolute Gasteiger partial charge is 0.251 e. The van der Waals surface area contributed by atoms with Crippen molar-refractivity contribution >= 4 is 33.2 Å². The van der Waals surface area contributed by atoms with E-state index in [4.69, 9.17) is 0 Å². The van der Waals surface area contributed by atoms with Crippen LogP contribution in [0.4, 0.5) is 0 Å². The maximum absolute atomic E-state index is 11.7. The SMILES string of the molecule is O=C(NCCc1cc(Br)cs1)c1ccncc1. The van der Waals surface area contributed by atoms with Crippen molar-refractivity contribution in [1.29, 1.82) is 0 Å². The van der Waals surface area contributed by atoms with Gasteiger partial charge in [-0.1, -0.05) is 0 Å². The van der Waals surface area contributed by atoms with Gasteiger partial charge in [-0.05, 0) is 40.5 Å². The van der Waals surface area contributed by atoms with Crippen molar-refractivity contribution in [2.45, 2.75) is 6.42 Å². The zero-order valence-electron chi connectivity index (χ0n) is 9.02. The first-order chi connectivity index (χ1) is 8.25. The number of carbonyl (C=O) groups excluding carboxylic acids is 1. The minimum absolute atomic E-state index is 0.0528. The number of hydrogen-bond donors (Lipinski definition) is 1. The molecule has 0 saturated heterocycles. The summed E-state index contributed by atoms with van der Waals surface area (Å²) in [6.45, 7) is 0.647. The van der Waals surface area contributed by atoms with Crippen LogP contribution in [0.2, 0.25) is 0 Å². The van der Waals surface area contributed by atoms with Crippen LogP contribution in [0.5, 0.6) is 0 Å². The van der Waals surface area contributed by atoms with Gasteiger partial charge in [-0.2, -0.15) is 0 Å². The Bertz CT molecular complexity index is 498. The molecule has 0 bridgehead atoms. The third kappa shape index (κ3) is 3.64. The highest BCUT2D eigenvalue weighted by atomic mass is 79.9. The summed E-state index contributed by atoms with van der Waals surface area (Å²) in [7, 11) is 0. The Morgan fingerprint density at radius 1 is 1.41 bits per heavy atom. The maximum atomic E-state index is 11.7. The van der Waals surface area contributed by atoms with Crippen LogP contribution in [0, 0.1) is 0 Å². The topological polar surface area (TPSA) is 42.0 Å². The molecule has 17 heavy (non-hydrogen) atoms. The normalized spacial score (nSPS) is 10.2. The number of pyridine rings is 1. The fraction of sp³-hybridized carbons (Fsp3) is 0.167. The molecule has 0 atom stereocenters. The Labute approximate surface area is 112 Å². The zero-order valence-corrected chi connectivity index (χ0v) is 11.4. The Hall–Kier alpha value is -1.20. The van der Waals surface area contributed by atoms with Crippen molar-refractivity contribution in [2.24, 2.45) is 0 Å². The van der Waals surface area contributed by atoms with E-state index in [1.807, 2.05) is 5.38 Å². The average molecular weight is 311 g/mol. The third-order valence-electron chi connectivity index (χ3n) is 2.22. The van der Waals surface area contributed by atoms with Gasteiger partial charge in [0.05, 0.1) is 0 Å². The maximum Gasteiger partial charge on any atom is 0.251 e. The van der Waals surface area contributed by atoms with Crippen LogP contribution in [-0.2, 0) is 6.42 Å². The van der Waals surface area contributed by atoms with Crippen molar-refractivity contribution in [3.8, 4) is 0 Å². The quantitative estimate of drug-likeness (QED) is 0.943. The first-order valence-corrected chi connectivity index (χ1v) is 6.84. The van der Waals surface area contributed by atoms with E-state index in [2.05, 4.69) is 32.3 Å². The molecular weight excluding hydrogens is 300 g/mol. The van der Waals surface area contributed by atoms with Crippen LogP contribution in [0.1, 0.15) is 15.2 Å². The number of nitrogens with one attached hydrogen (secondary N) is 1. The first-order valence-electron chi connectivity index (χ1n) is 5.17. The predicted molar refractivity (Wildman–Crippen MR) is 72.3 cm³/mol. The van der Waals surface area contributed by atoms with E-state index >= 15 is 0 Å². The lowest BCUT2D eigenvalue weighted by Gasteiger charge is -2.03. The second-order valence-corrected chi connectivity index (χ2v) is 5.38. The Balaban J connectivity index is 1.81. The summed E-state index contributed by atoms with van der Waals surface area (Å²) in [4.78, 5) is 16.8. The van der Waals surface area contributed by atoms with E-state index < -0.39 is 0 Å². The molecule has 3 nitrogen and oxygen atoms in total. The van der Waals surface area contributed by atoms with Gasteiger partial charge in [-0.15, -0.1) is 11.3 Å². The number of nitrogens with zero attached hydrogens (tertiary/aromatic N) is 1. The van der Waals surface area contributed by atoms with E-state index in [9.17, 15) is 4.79 Å². The molecule has 0 spiro atoms. The monoisotopic (exact) mass is 310 g/mol. The highest BCUT2D eigenvalue weighted by molar-refractivity contribution is 9.10. The molecule has 0 unspecified atom stereocenters. The average Bonchev–Trinajstić information content (AvgIpc) is 2.76. The lowest BCUT2D eigenvalue weighted by atomic mass is 10.2. The number of carbonyl (C=O) groups is 1. The Kier molecular flexibility index (Phi) is 4.28. The fourth-order valence-corrected chi connectivity index (χ4v) is 2.84. The summed E-state index contributed by atoms with van der Waals surface area (Å²) in [5.74, 6) is -0.0528. The molecule has 0 fully saturated rings. The minimum Gasteiger partial charge on any atom is -0.352 e. The number of amides is 1. The second-order valence-electron chi connectivity index (χ2n) is 3.47. The van der Waals surface area contributed by atoms with Gasteiger partial charge < -0.3 is 5.32 Å². The van der Waals surface area contributed by atoms with Gasteiger partial charge in [-0.25, -0.2) is 0 Å². The van der Waals surface area contributed by atoms with Gasteiger partial charge in [0.15, 0.2) is 0 Å². The van der Waals surface area contributed by atoms with E-state index in [1.54, 1.807) is 35.9 Å². The van der Waals surface area contributed by atoms with Gasteiger partial charge in [0.2, 0.25) is 0 Å². The molecule has 0 aliphatic rings. The highest BCUT2D eigenvalue weighted by Gasteiger charge is 2.04. The fourth-order valence-electron chi connectivity index (χ4n) is 1.39. The molecule has 2 aromatic rings. The first kappa shape index (κ1) is 12.3. The summed E-state index contributed by atoms with van der Waals surface area (Å²) >= 11 is 5.09. The lowest BCUT2D eigenvalue weighted by Crippen LogP contribution is -2.25. The lowest BCUT2D eigenvalue weighted by molar-refractivity contribution is 0.0954. The molecule has 88 valence electrons. The summed E-state index contributed by atoms with van der Waals surface area (Å²) in [5, 5.41) is 4.92. The highest BCUT2D eigenvalue weighted by Crippen LogP contribution is 2.19. The summed E-state index contributed by atoms with van der Waals surface area (Å²) in [5.41, 5.74) is 0.646.